The number of likely N-dealkylation sites (N-methyl/N-ethyl adjacent to an activating group) is 1. The normalized spacial score (nSPS) is 12.6. The molecule has 1 aromatic rings. The third kappa shape index (κ3) is 5.66. The Kier molecular flexibility index (Phi) is 6.85. The quantitative estimate of drug-likeness (QED) is 0.579. The van der Waals surface area contributed by atoms with Gasteiger partial charge in [-0.15, -0.1) is 0 Å². The van der Waals surface area contributed by atoms with Gasteiger partial charge < -0.3 is 24.4 Å². The van der Waals surface area contributed by atoms with Crippen LogP contribution in [0.25, 0.3) is 6.08 Å². The first-order valence-corrected chi connectivity index (χ1v) is 8.15. The zero-order valence-corrected chi connectivity index (χ0v) is 15.2. The second-order valence-corrected chi connectivity index (χ2v) is 5.94. The van der Waals surface area contributed by atoms with Gasteiger partial charge in [-0.3, -0.25) is 9.59 Å². The molecule has 1 heterocycles. The maximum absolute atomic E-state index is 11.7. The van der Waals surface area contributed by atoms with E-state index >= 15 is 0 Å². The fourth-order valence-corrected chi connectivity index (χ4v) is 2.23. The van der Waals surface area contributed by atoms with E-state index in [1.807, 2.05) is 0 Å². The summed E-state index contributed by atoms with van der Waals surface area (Å²) in [6.07, 6.45) is 2.65. The zero-order chi connectivity index (χ0) is 19.1. The molecule has 0 fully saturated rings. The molecular weight excluding hydrogens is 364 g/mol. The first kappa shape index (κ1) is 19.6. The number of amides is 2. The molecule has 0 aromatic heterocycles. The van der Waals surface area contributed by atoms with Gasteiger partial charge >= 0.3 is 5.97 Å². The molecule has 0 atom stereocenters. The summed E-state index contributed by atoms with van der Waals surface area (Å²) in [4.78, 5) is 35.9. The van der Waals surface area contributed by atoms with Gasteiger partial charge in [0, 0.05) is 20.2 Å². The molecule has 26 heavy (non-hydrogen) atoms. The van der Waals surface area contributed by atoms with Crippen LogP contribution in [0.3, 0.4) is 0 Å². The number of nitrogens with one attached hydrogen (secondary N) is 1. The second kappa shape index (κ2) is 9.10. The first-order valence-electron chi connectivity index (χ1n) is 7.77. The Bertz CT molecular complexity index is 732. The Morgan fingerprint density at radius 2 is 2.00 bits per heavy atom. The first-order chi connectivity index (χ1) is 12.4. The third-order valence-electron chi connectivity index (χ3n) is 3.31. The predicted octanol–water partition coefficient (Wildman–Crippen LogP) is 0.872. The summed E-state index contributed by atoms with van der Waals surface area (Å²) in [5.41, 5.74) is 0.622. The highest BCUT2D eigenvalue weighted by Gasteiger charge is 2.16. The molecule has 0 radical (unpaired) electrons. The Morgan fingerprint density at radius 3 is 2.73 bits per heavy atom. The summed E-state index contributed by atoms with van der Waals surface area (Å²) in [5, 5.41) is 2.73. The van der Waals surface area contributed by atoms with E-state index in [-0.39, 0.29) is 12.5 Å². The summed E-state index contributed by atoms with van der Waals surface area (Å²) >= 11 is 6.11. The molecule has 2 amide bonds. The van der Waals surface area contributed by atoms with Gasteiger partial charge in [-0.25, -0.2) is 4.79 Å². The molecular formula is C17H19ClN2O6. The zero-order valence-electron chi connectivity index (χ0n) is 14.4. The Labute approximate surface area is 155 Å². The largest absolute Gasteiger partial charge is 0.486 e. The summed E-state index contributed by atoms with van der Waals surface area (Å²) in [7, 11) is 3.15. The SMILES string of the molecule is CN(C)C(=O)CNC(=O)COC(=O)/C=C/c1cc(Cl)c2c(c1)OCCO2. The van der Waals surface area contributed by atoms with Crippen LogP contribution in [-0.2, 0) is 19.1 Å². The summed E-state index contributed by atoms with van der Waals surface area (Å²) < 4.78 is 15.7. The summed E-state index contributed by atoms with van der Waals surface area (Å²) in [6, 6.07) is 3.31. The van der Waals surface area contributed by atoms with Gasteiger partial charge in [0.15, 0.2) is 18.1 Å². The van der Waals surface area contributed by atoms with Crippen LogP contribution < -0.4 is 14.8 Å². The Morgan fingerprint density at radius 1 is 1.27 bits per heavy atom. The van der Waals surface area contributed by atoms with Gasteiger partial charge in [0.2, 0.25) is 5.91 Å². The minimum Gasteiger partial charge on any atom is -0.486 e. The molecule has 0 bridgehead atoms. The number of benzene rings is 1. The number of fused-ring (bicyclic) bond motifs is 1. The van der Waals surface area contributed by atoms with Crippen molar-refractivity contribution in [2.24, 2.45) is 0 Å². The van der Waals surface area contributed by atoms with Crippen molar-refractivity contribution >= 4 is 35.5 Å². The number of hydrogen-bond acceptors (Lipinski definition) is 6. The molecule has 1 aromatic carbocycles. The second-order valence-electron chi connectivity index (χ2n) is 5.53. The molecule has 1 aliphatic rings. The lowest BCUT2D eigenvalue weighted by Gasteiger charge is -2.19. The van der Waals surface area contributed by atoms with Crippen molar-refractivity contribution in [3.8, 4) is 11.5 Å². The van der Waals surface area contributed by atoms with Crippen molar-refractivity contribution in [3.05, 3.63) is 28.8 Å². The average Bonchev–Trinajstić information content (AvgIpc) is 2.62. The van der Waals surface area contributed by atoms with Gasteiger partial charge in [0.05, 0.1) is 11.6 Å². The van der Waals surface area contributed by atoms with E-state index in [0.29, 0.717) is 35.3 Å². The van der Waals surface area contributed by atoms with Crippen LogP contribution in [0.4, 0.5) is 0 Å². The van der Waals surface area contributed by atoms with E-state index in [2.05, 4.69) is 5.32 Å². The number of carbonyl (C=O) groups excluding carboxylic acids is 3. The summed E-state index contributed by atoms with van der Waals surface area (Å²) in [6.45, 7) is 0.209. The van der Waals surface area contributed by atoms with Crippen LogP contribution in [0, 0.1) is 0 Å². The molecule has 140 valence electrons. The highest BCUT2D eigenvalue weighted by Crippen LogP contribution is 2.38. The van der Waals surface area contributed by atoms with Gasteiger partial charge in [0.25, 0.3) is 5.91 Å². The predicted molar refractivity (Wildman–Crippen MR) is 94.1 cm³/mol. The standard InChI is InChI=1S/C17H19ClN2O6/c1-20(2)15(22)9-19-14(21)10-26-16(23)4-3-11-7-12(18)17-13(8-11)24-5-6-25-17/h3-4,7-8H,5-6,9-10H2,1-2H3,(H,19,21)/b4-3+. The Balaban J connectivity index is 1.83. The van der Waals surface area contributed by atoms with E-state index in [0.717, 1.165) is 0 Å². The van der Waals surface area contributed by atoms with Crippen LogP contribution in [0.5, 0.6) is 11.5 Å². The lowest BCUT2D eigenvalue weighted by Crippen LogP contribution is -2.38. The number of esters is 1. The molecule has 0 aliphatic carbocycles. The molecule has 1 aliphatic heterocycles. The maximum atomic E-state index is 11.7. The maximum Gasteiger partial charge on any atom is 0.331 e. The average molecular weight is 383 g/mol. The van der Waals surface area contributed by atoms with Gasteiger partial charge in [-0.2, -0.15) is 0 Å². The topological polar surface area (TPSA) is 94.2 Å². The van der Waals surface area contributed by atoms with E-state index in [1.165, 1.54) is 17.1 Å². The molecule has 0 spiro atoms. The minimum atomic E-state index is -0.704. The van der Waals surface area contributed by atoms with Crippen molar-refractivity contribution < 1.29 is 28.6 Å². The van der Waals surface area contributed by atoms with Gasteiger partial charge in [-0.05, 0) is 23.8 Å². The number of carbonyl (C=O) groups is 3. The molecule has 1 N–H and O–H groups in total. The summed E-state index contributed by atoms with van der Waals surface area (Å²) in [5.74, 6) is -0.558. The smallest absolute Gasteiger partial charge is 0.331 e. The molecule has 0 saturated carbocycles. The third-order valence-corrected chi connectivity index (χ3v) is 3.59. The van der Waals surface area contributed by atoms with Crippen LogP contribution in [-0.4, -0.2) is 63.1 Å². The molecule has 9 heteroatoms. The van der Waals surface area contributed by atoms with E-state index < -0.39 is 18.5 Å². The molecule has 2 rings (SSSR count). The van der Waals surface area contributed by atoms with Crippen LogP contribution in [0.2, 0.25) is 5.02 Å². The highest BCUT2D eigenvalue weighted by molar-refractivity contribution is 6.32. The lowest BCUT2D eigenvalue weighted by atomic mass is 10.2. The lowest BCUT2D eigenvalue weighted by molar-refractivity contribution is -0.144. The van der Waals surface area contributed by atoms with Crippen molar-refractivity contribution in [1.29, 1.82) is 0 Å². The van der Waals surface area contributed by atoms with Gasteiger partial charge in [-0.1, -0.05) is 11.6 Å². The van der Waals surface area contributed by atoms with Crippen LogP contribution in [0.15, 0.2) is 18.2 Å². The van der Waals surface area contributed by atoms with Gasteiger partial charge in [0.1, 0.15) is 13.2 Å². The van der Waals surface area contributed by atoms with Crippen LogP contribution in [0.1, 0.15) is 5.56 Å². The van der Waals surface area contributed by atoms with Crippen LogP contribution >= 0.6 is 11.6 Å². The van der Waals surface area contributed by atoms with Crippen molar-refractivity contribution in [1.82, 2.24) is 10.2 Å². The molecule has 8 nitrogen and oxygen atoms in total. The number of ether oxygens (including phenoxy) is 3. The van der Waals surface area contributed by atoms with E-state index in [9.17, 15) is 14.4 Å². The number of nitrogens with zero attached hydrogens (tertiary/aromatic N) is 1. The monoisotopic (exact) mass is 382 g/mol. The molecule has 0 unspecified atom stereocenters. The number of halogens is 1. The fraction of sp³-hybridized carbons (Fsp3) is 0.353. The van der Waals surface area contributed by atoms with E-state index in [1.54, 1.807) is 26.2 Å². The van der Waals surface area contributed by atoms with Crippen molar-refractivity contribution in [2.45, 2.75) is 0 Å². The number of hydrogen-bond donors (Lipinski definition) is 1. The van der Waals surface area contributed by atoms with Crippen molar-refractivity contribution in [2.75, 3.05) is 40.5 Å². The molecule has 0 saturated heterocycles. The fourth-order valence-electron chi connectivity index (χ4n) is 1.96. The van der Waals surface area contributed by atoms with Crippen molar-refractivity contribution in [3.63, 3.8) is 0 Å². The Hall–Kier alpha value is -2.74. The number of rotatable bonds is 6. The van der Waals surface area contributed by atoms with E-state index in [4.69, 9.17) is 25.8 Å². The minimum absolute atomic E-state index is 0.158. The highest BCUT2D eigenvalue weighted by atomic mass is 35.5.